The maximum atomic E-state index is 12.0. The molecule has 3 aliphatic carbocycles. The zero-order chi connectivity index (χ0) is 13.2. The van der Waals surface area contributed by atoms with Crippen LogP contribution < -0.4 is 5.32 Å². The number of nitrogens with one attached hydrogen (secondary N) is 1. The molecule has 3 rings (SSSR count). The highest BCUT2D eigenvalue weighted by molar-refractivity contribution is 5.76. The van der Waals surface area contributed by atoms with E-state index in [1.807, 2.05) is 0 Å². The number of hydrogen-bond acceptors (Lipinski definition) is 2. The monoisotopic (exact) mass is 265 g/mol. The van der Waals surface area contributed by atoms with Crippen molar-refractivity contribution in [1.29, 1.82) is 0 Å². The Morgan fingerprint density at radius 1 is 1.16 bits per heavy atom. The average molecular weight is 265 g/mol. The van der Waals surface area contributed by atoms with Crippen LogP contribution in [0.3, 0.4) is 0 Å². The van der Waals surface area contributed by atoms with Gasteiger partial charge in [0.05, 0.1) is 6.10 Å². The Labute approximate surface area is 116 Å². The second-order valence-corrected chi connectivity index (χ2v) is 7.06. The minimum atomic E-state index is -0.327. The molecule has 2 bridgehead atoms. The first-order valence-electron chi connectivity index (χ1n) is 8.17. The summed E-state index contributed by atoms with van der Waals surface area (Å²) in [4.78, 5) is 12.0. The highest BCUT2D eigenvalue weighted by Crippen LogP contribution is 2.49. The lowest BCUT2D eigenvalue weighted by atomic mass is 9.86. The maximum absolute atomic E-state index is 12.0. The first-order chi connectivity index (χ1) is 9.22. The zero-order valence-electron chi connectivity index (χ0n) is 11.8. The molecule has 4 atom stereocenters. The van der Waals surface area contributed by atoms with Gasteiger partial charge in [0.25, 0.3) is 0 Å². The van der Waals surface area contributed by atoms with Gasteiger partial charge in [-0.3, -0.25) is 4.79 Å². The van der Waals surface area contributed by atoms with Crippen LogP contribution in [0.5, 0.6) is 0 Å². The normalized spacial score (nSPS) is 35.7. The summed E-state index contributed by atoms with van der Waals surface area (Å²) < 4.78 is 0. The van der Waals surface area contributed by atoms with E-state index >= 15 is 0 Å². The number of aliphatic hydroxyl groups excluding tert-OH is 1. The smallest absolute Gasteiger partial charge is 0.220 e. The summed E-state index contributed by atoms with van der Waals surface area (Å²) in [6.07, 6.45) is 10.5. The standard InChI is InChI=1S/C16H27NO2/c18-15(12-3-1-2-4-12)10-17-16(19)9-14-8-11-5-6-13(14)7-11/h11-15,18H,1-10H2,(H,17,19). The molecule has 0 radical (unpaired) electrons. The molecule has 3 nitrogen and oxygen atoms in total. The van der Waals surface area contributed by atoms with Crippen molar-refractivity contribution in [2.45, 2.75) is 63.9 Å². The Hall–Kier alpha value is -0.570. The van der Waals surface area contributed by atoms with Gasteiger partial charge in [-0.05, 0) is 55.8 Å². The molecule has 0 aromatic heterocycles. The minimum absolute atomic E-state index is 0.162. The van der Waals surface area contributed by atoms with Crippen molar-refractivity contribution in [2.75, 3.05) is 6.54 Å². The van der Waals surface area contributed by atoms with Crippen LogP contribution in [0, 0.1) is 23.7 Å². The van der Waals surface area contributed by atoms with Crippen LogP contribution in [0.15, 0.2) is 0 Å². The molecule has 3 saturated carbocycles. The van der Waals surface area contributed by atoms with Crippen molar-refractivity contribution in [3.05, 3.63) is 0 Å². The molecule has 1 amide bonds. The van der Waals surface area contributed by atoms with Gasteiger partial charge >= 0.3 is 0 Å². The van der Waals surface area contributed by atoms with Gasteiger partial charge in [0.15, 0.2) is 0 Å². The van der Waals surface area contributed by atoms with E-state index in [9.17, 15) is 9.90 Å². The molecule has 0 spiro atoms. The first-order valence-corrected chi connectivity index (χ1v) is 8.17. The molecule has 19 heavy (non-hydrogen) atoms. The van der Waals surface area contributed by atoms with E-state index < -0.39 is 0 Å². The average Bonchev–Trinajstić information content (AvgIpc) is 3.12. The fourth-order valence-corrected chi connectivity index (χ4v) is 4.66. The van der Waals surface area contributed by atoms with E-state index in [2.05, 4.69) is 5.32 Å². The van der Waals surface area contributed by atoms with Gasteiger partial charge in [0, 0.05) is 13.0 Å². The van der Waals surface area contributed by atoms with E-state index in [0.29, 0.717) is 24.8 Å². The third-order valence-electron chi connectivity index (χ3n) is 5.78. The van der Waals surface area contributed by atoms with E-state index in [0.717, 1.165) is 24.7 Å². The van der Waals surface area contributed by atoms with Gasteiger partial charge in [0.2, 0.25) is 5.91 Å². The highest BCUT2D eigenvalue weighted by Gasteiger charge is 2.40. The Morgan fingerprint density at radius 2 is 1.95 bits per heavy atom. The van der Waals surface area contributed by atoms with E-state index in [4.69, 9.17) is 0 Å². The van der Waals surface area contributed by atoms with Crippen molar-refractivity contribution in [2.24, 2.45) is 23.7 Å². The fourth-order valence-electron chi connectivity index (χ4n) is 4.66. The molecule has 0 heterocycles. The molecule has 3 aliphatic rings. The molecule has 0 aromatic carbocycles. The number of hydrogen-bond donors (Lipinski definition) is 2. The highest BCUT2D eigenvalue weighted by atomic mass is 16.3. The lowest BCUT2D eigenvalue weighted by molar-refractivity contribution is -0.123. The molecule has 4 unspecified atom stereocenters. The predicted molar refractivity (Wildman–Crippen MR) is 74.5 cm³/mol. The Kier molecular flexibility index (Phi) is 4.11. The van der Waals surface area contributed by atoms with Gasteiger partial charge in [0.1, 0.15) is 0 Å². The van der Waals surface area contributed by atoms with Crippen LogP contribution in [0.1, 0.15) is 57.8 Å². The first kappa shape index (κ1) is 13.4. The second kappa shape index (κ2) is 5.82. The lowest BCUT2D eigenvalue weighted by Gasteiger charge is -2.22. The molecule has 2 N–H and O–H groups in total. The molecule has 0 aliphatic heterocycles. The van der Waals surface area contributed by atoms with Crippen molar-refractivity contribution >= 4 is 5.91 Å². The Balaban J connectivity index is 1.37. The minimum Gasteiger partial charge on any atom is -0.391 e. The van der Waals surface area contributed by atoms with Crippen LogP contribution in [-0.2, 0) is 4.79 Å². The largest absolute Gasteiger partial charge is 0.391 e. The van der Waals surface area contributed by atoms with Crippen molar-refractivity contribution in [3.63, 3.8) is 0 Å². The van der Waals surface area contributed by atoms with Crippen LogP contribution in [0.4, 0.5) is 0 Å². The summed E-state index contributed by atoms with van der Waals surface area (Å²) in [7, 11) is 0. The molecule has 108 valence electrons. The number of fused-ring (bicyclic) bond motifs is 2. The van der Waals surface area contributed by atoms with Crippen LogP contribution in [-0.4, -0.2) is 23.7 Å². The SMILES string of the molecule is O=C(CC1CC2CCC1C2)NCC(O)C1CCCC1. The number of rotatable bonds is 5. The van der Waals surface area contributed by atoms with Crippen LogP contribution in [0.2, 0.25) is 0 Å². The molecular weight excluding hydrogens is 238 g/mol. The van der Waals surface area contributed by atoms with Gasteiger partial charge in [-0.15, -0.1) is 0 Å². The third kappa shape index (κ3) is 3.13. The second-order valence-electron chi connectivity index (χ2n) is 7.06. The number of amides is 1. The summed E-state index contributed by atoms with van der Waals surface area (Å²) in [6, 6.07) is 0. The number of carbonyl (C=O) groups is 1. The Bertz CT molecular complexity index is 325. The maximum Gasteiger partial charge on any atom is 0.220 e. The molecule has 0 saturated heterocycles. The van der Waals surface area contributed by atoms with Crippen molar-refractivity contribution in [1.82, 2.24) is 5.32 Å². The summed E-state index contributed by atoms with van der Waals surface area (Å²) in [6.45, 7) is 0.463. The summed E-state index contributed by atoms with van der Waals surface area (Å²) in [5.74, 6) is 2.93. The van der Waals surface area contributed by atoms with Crippen molar-refractivity contribution in [3.8, 4) is 0 Å². The molecular formula is C16H27NO2. The molecule has 0 aromatic rings. The summed E-state index contributed by atoms with van der Waals surface area (Å²) in [5, 5.41) is 13.0. The topological polar surface area (TPSA) is 49.3 Å². The van der Waals surface area contributed by atoms with Crippen molar-refractivity contribution < 1.29 is 9.90 Å². The summed E-state index contributed by atoms with van der Waals surface area (Å²) >= 11 is 0. The van der Waals surface area contributed by atoms with Gasteiger partial charge in [-0.2, -0.15) is 0 Å². The van der Waals surface area contributed by atoms with Crippen LogP contribution >= 0.6 is 0 Å². The fraction of sp³-hybridized carbons (Fsp3) is 0.938. The quantitative estimate of drug-likeness (QED) is 0.802. The van der Waals surface area contributed by atoms with Gasteiger partial charge in [-0.1, -0.05) is 19.3 Å². The summed E-state index contributed by atoms with van der Waals surface area (Å²) in [5.41, 5.74) is 0. The zero-order valence-corrected chi connectivity index (χ0v) is 11.8. The Morgan fingerprint density at radius 3 is 2.58 bits per heavy atom. The third-order valence-corrected chi connectivity index (χ3v) is 5.78. The number of carbonyl (C=O) groups excluding carboxylic acids is 1. The van der Waals surface area contributed by atoms with Gasteiger partial charge < -0.3 is 10.4 Å². The number of aliphatic hydroxyl groups is 1. The van der Waals surface area contributed by atoms with Gasteiger partial charge in [-0.25, -0.2) is 0 Å². The molecule has 3 heteroatoms. The molecule has 3 fully saturated rings. The van der Waals surface area contributed by atoms with E-state index in [1.54, 1.807) is 0 Å². The predicted octanol–water partition coefficient (Wildman–Crippen LogP) is 2.48. The lowest BCUT2D eigenvalue weighted by Crippen LogP contribution is -2.36. The van der Waals surface area contributed by atoms with Crippen LogP contribution in [0.25, 0.3) is 0 Å². The van der Waals surface area contributed by atoms with E-state index in [-0.39, 0.29) is 12.0 Å². The van der Waals surface area contributed by atoms with E-state index in [1.165, 1.54) is 38.5 Å².